The molecule has 369 valence electrons. The minimum atomic E-state index is -4.84. The number of alkyl halides is 15. The van der Waals surface area contributed by atoms with Crippen LogP contribution in [0.4, 0.5) is 106 Å². The molecule has 2 aliphatic heterocycles. The third-order valence-electron chi connectivity index (χ3n) is 9.46. The van der Waals surface area contributed by atoms with Gasteiger partial charge in [0.1, 0.15) is 11.6 Å². The summed E-state index contributed by atoms with van der Waals surface area (Å²) in [6, 6.07) is 18.9. The molecule has 0 bridgehead atoms. The van der Waals surface area contributed by atoms with Crippen LogP contribution in [0.2, 0.25) is 0 Å². The van der Waals surface area contributed by atoms with Gasteiger partial charge in [-0.25, -0.2) is 9.97 Å². The maximum atomic E-state index is 13.8. The first kappa shape index (κ1) is 51.7. The number of pyridine rings is 3. The van der Waals surface area contributed by atoms with Gasteiger partial charge in [-0.2, -0.15) is 108 Å². The molecule has 0 fully saturated rings. The Morgan fingerprint density at radius 3 is 1.49 bits per heavy atom. The maximum absolute atomic E-state index is 13.8. The van der Waals surface area contributed by atoms with Crippen molar-refractivity contribution in [2.75, 3.05) is 46.1 Å². The molecule has 0 spiro atoms. The number of nitrogens with zero attached hydrogens (tertiary/aromatic N) is 7. The number of ether oxygens (including phenoxy) is 2. The van der Waals surface area contributed by atoms with Gasteiger partial charge < -0.3 is 34.4 Å². The van der Waals surface area contributed by atoms with Crippen molar-refractivity contribution in [3.8, 4) is 23.3 Å². The molecule has 5 heterocycles. The summed E-state index contributed by atoms with van der Waals surface area (Å²) in [4.78, 5) is 16.8. The fourth-order valence-corrected chi connectivity index (χ4v) is 6.12. The molecule has 2 aliphatic rings. The van der Waals surface area contributed by atoms with E-state index in [1.54, 1.807) is 19.0 Å². The van der Waals surface area contributed by atoms with E-state index in [4.69, 9.17) is 9.47 Å². The molecular weight excluding hydrogens is 1140 g/mol. The quantitative estimate of drug-likeness (QED) is 0.123. The summed E-state index contributed by atoms with van der Waals surface area (Å²) in [6.45, 7) is 2.36. The largest absolute Gasteiger partial charge is 0.513 e. The predicted molar refractivity (Wildman–Crippen MR) is 213 cm³/mol. The van der Waals surface area contributed by atoms with Crippen LogP contribution in [-0.2, 0) is 51.0 Å². The van der Waals surface area contributed by atoms with Crippen LogP contribution in [0.25, 0.3) is 0 Å². The summed E-state index contributed by atoms with van der Waals surface area (Å²) >= 11 is 0. The zero-order chi connectivity index (χ0) is 49.7. The molecule has 0 atom stereocenters. The second-order valence-corrected chi connectivity index (χ2v) is 14.5. The number of anilines is 7. The number of fused-ring (bicyclic) bond motifs is 2. The van der Waals surface area contributed by atoms with E-state index in [0.717, 1.165) is 77.1 Å². The summed E-state index contributed by atoms with van der Waals surface area (Å²) in [5.41, 5.74) is -4.99. The molecule has 1 N–H and O–H groups in total. The predicted octanol–water partition coefficient (Wildman–Crippen LogP) is 13.1. The standard InChI is InChI=1S/C22H12F9N6.C21H14F6N2O2.Ir/c1-35-10-37(19-17(35)5-13(8-33-19)22(29,30)31)15-3-11(20(23,24)25)2-14(6-15)36-9-34-16-4-12(21(26,27)28)7-32-18(16)36;1-29(2)15-11-18(30-16-7-3-13(4-8-16)20(22,23)24)28-19(12-15)31-17-9-5-14(6-10-17)21(25,26)27;/h2-5,7-10,34H,1H3;3-7,9,11-12H,1-2H3;/q-3;-2;. The number of benzene rings is 3. The van der Waals surface area contributed by atoms with Gasteiger partial charge >= 0.3 is 30.9 Å². The molecule has 6 aromatic rings. The summed E-state index contributed by atoms with van der Waals surface area (Å²) in [6.07, 6.45) is -22.1. The van der Waals surface area contributed by atoms with Gasteiger partial charge in [0, 0.05) is 81.6 Å². The van der Waals surface area contributed by atoms with Gasteiger partial charge in [-0.1, -0.05) is 16.7 Å². The molecule has 8 rings (SSSR count). The Balaban J connectivity index is 0.000000227. The third-order valence-corrected chi connectivity index (χ3v) is 9.46. The number of hydrogen-bond acceptors (Lipinski definition) is 10. The van der Waals surface area contributed by atoms with Gasteiger partial charge in [0.15, 0.2) is 0 Å². The average Bonchev–Trinajstić information content (AvgIpc) is 3.83. The Morgan fingerprint density at radius 2 is 1.04 bits per heavy atom. The van der Waals surface area contributed by atoms with E-state index in [0.29, 0.717) is 18.1 Å². The minimum Gasteiger partial charge on any atom is -0.513 e. The van der Waals surface area contributed by atoms with Crippen LogP contribution >= 0.6 is 0 Å². The van der Waals surface area contributed by atoms with Gasteiger partial charge in [0.25, 0.3) is 0 Å². The zero-order valence-corrected chi connectivity index (χ0v) is 37.1. The molecule has 26 heteroatoms. The van der Waals surface area contributed by atoms with Crippen LogP contribution in [0.3, 0.4) is 0 Å². The minimum absolute atomic E-state index is 0. The normalized spacial score (nSPS) is 13.7. The van der Waals surface area contributed by atoms with Crippen LogP contribution in [0, 0.1) is 31.5 Å². The van der Waals surface area contributed by atoms with Crippen molar-refractivity contribution in [3.05, 3.63) is 145 Å². The molecule has 0 aliphatic carbocycles. The van der Waals surface area contributed by atoms with E-state index in [1.165, 1.54) is 30.7 Å². The van der Waals surface area contributed by atoms with E-state index in [-0.39, 0.29) is 77.7 Å². The van der Waals surface area contributed by atoms with Crippen molar-refractivity contribution in [3.63, 3.8) is 0 Å². The van der Waals surface area contributed by atoms with Crippen LogP contribution in [0.15, 0.2) is 85.2 Å². The molecule has 1 radical (unpaired) electrons. The average molecular weight is 1160 g/mol. The van der Waals surface area contributed by atoms with Crippen LogP contribution in [-0.4, -0.2) is 36.1 Å². The Labute approximate surface area is 394 Å². The molecule has 10 nitrogen and oxygen atoms in total. The molecule has 69 heavy (non-hydrogen) atoms. The SMILES string of the molecule is CN(C)c1cc(Oc2[c-]cc(C(F)(F)F)cc2)nc(Oc2[c-]cc(C(F)(F)F)cc2)c1.CN1[CH-]N(c2[c-]c(N3[CH-]Nc4cc(C(F)(F)F)cnc43)cc(C(F)(F)F)c2)c2ncc(C(F)(F)F)cc21.[Ir]. The number of rotatable bonds is 7. The van der Waals surface area contributed by atoms with Crippen LogP contribution in [0.5, 0.6) is 23.3 Å². The summed E-state index contributed by atoms with van der Waals surface area (Å²) in [5.74, 6) is -0.223. The molecular formula is C43H26F15IrN8O2-5. The fourth-order valence-electron chi connectivity index (χ4n) is 6.12. The van der Waals surface area contributed by atoms with Crippen molar-refractivity contribution < 1.29 is 95.4 Å². The van der Waals surface area contributed by atoms with Crippen molar-refractivity contribution in [2.45, 2.75) is 30.9 Å². The van der Waals surface area contributed by atoms with E-state index >= 15 is 0 Å². The summed E-state index contributed by atoms with van der Waals surface area (Å²) < 4.78 is 207. The number of nitrogens with one attached hydrogen (secondary N) is 1. The van der Waals surface area contributed by atoms with E-state index in [2.05, 4.69) is 38.5 Å². The van der Waals surface area contributed by atoms with Crippen molar-refractivity contribution in [1.82, 2.24) is 15.0 Å². The Morgan fingerprint density at radius 1 is 0.580 bits per heavy atom. The van der Waals surface area contributed by atoms with Gasteiger partial charge in [-0.05, 0) is 19.2 Å². The molecule has 0 saturated carbocycles. The van der Waals surface area contributed by atoms with Crippen LogP contribution in [0.1, 0.15) is 27.8 Å². The third kappa shape index (κ3) is 12.0. The van der Waals surface area contributed by atoms with Crippen molar-refractivity contribution >= 4 is 40.1 Å². The topological polar surface area (TPSA) is 82.1 Å². The Kier molecular flexibility index (Phi) is 14.2. The summed E-state index contributed by atoms with van der Waals surface area (Å²) in [7, 11) is 4.83. The monoisotopic (exact) mass is 1160 g/mol. The van der Waals surface area contributed by atoms with Gasteiger partial charge in [-0.15, -0.1) is 53.8 Å². The molecule has 0 amide bonds. The molecule has 3 aromatic heterocycles. The van der Waals surface area contributed by atoms with Gasteiger partial charge in [0.05, 0.1) is 16.8 Å². The number of halogens is 15. The van der Waals surface area contributed by atoms with Crippen molar-refractivity contribution in [2.24, 2.45) is 0 Å². The Bertz CT molecular complexity index is 2710. The van der Waals surface area contributed by atoms with E-state index in [9.17, 15) is 65.9 Å². The Hall–Kier alpha value is -6.69. The first-order chi connectivity index (χ1) is 31.5. The smallest absolute Gasteiger partial charge is 0.417 e. The summed E-state index contributed by atoms with van der Waals surface area (Å²) in [5, 5.41) is 2.54. The number of hydrogen-bond donors (Lipinski definition) is 1. The van der Waals surface area contributed by atoms with E-state index < -0.39 is 58.7 Å². The van der Waals surface area contributed by atoms with Gasteiger partial charge in [-0.3, -0.25) is 0 Å². The first-order valence-corrected chi connectivity index (χ1v) is 18.8. The zero-order valence-electron chi connectivity index (χ0n) is 34.7. The van der Waals surface area contributed by atoms with Gasteiger partial charge in [0.2, 0.25) is 11.8 Å². The van der Waals surface area contributed by atoms with Crippen molar-refractivity contribution in [1.29, 1.82) is 0 Å². The fraction of sp³-hybridized carbons (Fsp3) is 0.186. The number of aromatic nitrogens is 3. The molecule has 0 saturated heterocycles. The maximum Gasteiger partial charge on any atom is 0.417 e. The molecule has 0 unspecified atom stereocenters. The van der Waals surface area contributed by atoms with Crippen LogP contribution < -0.4 is 34.4 Å². The second-order valence-electron chi connectivity index (χ2n) is 14.5. The first-order valence-electron chi connectivity index (χ1n) is 18.8. The van der Waals surface area contributed by atoms with E-state index in [1.807, 2.05) is 0 Å². The molecule has 3 aromatic carbocycles. The second kappa shape index (κ2) is 19.0.